The molecule has 2 aromatic rings. The van der Waals surface area contributed by atoms with E-state index in [4.69, 9.17) is 16.3 Å². The van der Waals surface area contributed by atoms with Gasteiger partial charge in [0.05, 0.1) is 4.90 Å². The van der Waals surface area contributed by atoms with Gasteiger partial charge in [0.25, 0.3) is 10.0 Å². The SMILES string of the molecule is O=C(CN=C1NS(=O)(=O)c2ccccc21)OCCSc1ccc(Cl)cc1. The van der Waals surface area contributed by atoms with Crippen molar-refractivity contribution >= 4 is 45.2 Å². The number of benzene rings is 2. The molecule has 136 valence electrons. The van der Waals surface area contributed by atoms with Gasteiger partial charge in [0.1, 0.15) is 19.0 Å². The number of aliphatic imine (C=N–C) groups is 1. The van der Waals surface area contributed by atoms with Crippen molar-refractivity contribution in [1.82, 2.24) is 4.72 Å². The molecule has 0 amide bonds. The summed E-state index contributed by atoms with van der Waals surface area (Å²) in [5.41, 5.74) is 0.457. The van der Waals surface area contributed by atoms with E-state index in [0.29, 0.717) is 16.3 Å². The highest BCUT2D eigenvalue weighted by atomic mass is 35.5. The highest BCUT2D eigenvalue weighted by Crippen LogP contribution is 2.22. The number of nitrogens with one attached hydrogen (secondary N) is 1. The monoisotopic (exact) mass is 410 g/mol. The number of halogens is 1. The smallest absolute Gasteiger partial charge is 0.327 e. The van der Waals surface area contributed by atoms with Gasteiger partial charge in [0.15, 0.2) is 0 Å². The van der Waals surface area contributed by atoms with Gasteiger partial charge >= 0.3 is 5.97 Å². The number of nitrogens with zero attached hydrogens (tertiary/aromatic N) is 1. The van der Waals surface area contributed by atoms with Gasteiger partial charge in [-0.05, 0) is 36.4 Å². The topological polar surface area (TPSA) is 84.8 Å². The van der Waals surface area contributed by atoms with Crippen molar-refractivity contribution in [2.45, 2.75) is 9.79 Å². The lowest BCUT2D eigenvalue weighted by Crippen LogP contribution is -2.23. The largest absolute Gasteiger partial charge is 0.463 e. The fourth-order valence-corrected chi connectivity index (χ4v) is 4.39. The van der Waals surface area contributed by atoms with Crippen molar-refractivity contribution in [3.63, 3.8) is 0 Å². The molecule has 0 bridgehead atoms. The molecule has 0 aliphatic carbocycles. The number of carbonyl (C=O) groups is 1. The summed E-state index contributed by atoms with van der Waals surface area (Å²) >= 11 is 7.36. The van der Waals surface area contributed by atoms with Crippen molar-refractivity contribution in [3.8, 4) is 0 Å². The Morgan fingerprint density at radius 3 is 2.65 bits per heavy atom. The van der Waals surface area contributed by atoms with Gasteiger partial charge in [0.2, 0.25) is 0 Å². The van der Waals surface area contributed by atoms with Crippen molar-refractivity contribution in [2.24, 2.45) is 4.99 Å². The van der Waals surface area contributed by atoms with Crippen LogP contribution in [0.5, 0.6) is 0 Å². The first-order valence-corrected chi connectivity index (χ1v) is 10.5. The Kier molecular flexibility index (Phi) is 5.85. The van der Waals surface area contributed by atoms with Crippen LogP contribution in [0.1, 0.15) is 5.56 Å². The van der Waals surface area contributed by atoms with Crippen LogP contribution in [-0.4, -0.2) is 39.1 Å². The number of fused-ring (bicyclic) bond motifs is 1. The third-order valence-electron chi connectivity index (χ3n) is 3.46. The zero-order valence-corrected chi connectivity index (χ0v) is 15.9. The highest BCUT2D eigenvalue weighted by molar-refractivity contribution is 7.99. The van der Waals surface area contributed by atoms with Gasteiger partial charge in [-0.15, -0.1) is 11.8 Å². The van der Waals surface area contributed by atoms with Crippen LogP contribution in [0.2, 0.25) is 5.02 Å². The maximum Gasteiger partial charge on any atom is 0.327 e. The average Bonchev–Trinajstić information content (AvgIpc) is 2.89. The third-order valence-corrected chi connectivity index (χ3v) is 6.08. The van der Waals surface area contributed by atoms with Gasteiger partial charge in [-0.1, -0.05) is 23.7 Å². The van der Waals surface area contributed by atoms with Gasteiger partial charge in [0, 0.05) is 21.2 Å². The van der Waals surface area contributed by atoms with E-state index in [1.165, 1.54) is 6.07 Å². The predicted molar refractivity (Wildman–Crippen MR) is 101 cm³/mol. The van der Waals surface area contributed by atoms with E-state index in [9.17, 15) is 13.2 Å². The number of hydrogen-bond acceptors (Lipinski definition) is 6. The van der Waals surface area contributed by atoms with Crippen molar-refractivity contribution in [2.75, 3.05) is 18.9 Å². The van der Waals surface area contributed by atoms with Gasteiger partial charge < -0.3 is 4.74 Å². The molecule has 0 atom stereocenters. The number of thioether (sulfide) groups is 1. The first kappa shape index (κ1) is 18.8. The van der Waals surface area contributed by atoms with Crippen LogP contribution < -0.4 is 4.72 Å². The second-order valence-electron chi connectivity index (χ2n) is 5.29. The first-order valence-electron chi connectivity index (χ1n) is 7.66. The Bertz CT molecular complexity index is 943. The molecule has 6 nitrogen and oxygen atoms in total. The lowest BCUT2D eigenvalue weighted by Gasteiger charge is -2.04. The summed E-state index contributed by atoms with van der Waals surface area (Å²) in [6.45, 7) is -0.0168. The standard InChI is InChI=1S/C17H15ClN2O4S2/c18-12-5-7-13(8-6-12)25-10-9-24-16(21)11-19-17-14-3-1-2-4-15(14)26(22,23)20-17/h1-8H,9-11H2,(H,19,20). The number of hydrogen-bond donors (Lipinski definition) is 1. The minimum absolute atomic E-state index is 0.159. The highest BCUT2D eigenvalue weighted by Gasteiger charge is 2.30. The molecule has 9 heteroatoms. The zero-order valence-electron chi connectivity index (χ0n) is 13.5. The normalized spacial score (nSPS) is 16.1. The van der Waals surface area contributed by atoms with Crippen molar-refractivity contribution < 1.29 is 17.9 Å². The van der Waals surface area contributed by atoms with E-state index in [2.05, 4.69) is 9.71 Å². The summed E-state index contributed by atoms with van der Waals surface area (Å²) in [6, 6.07) is 13.9. The van der Waals surface area contributed by atoms with Gasteiger partial charge in [-0.2, -0.15) is 0 Å². The first-order chi connectivity index (χ1) is 12.5. The van der Waals surface area contributed by atoms with Crippen LogP contribution in [-0.2, 0) is 19.6 Å². The Hall–Kier alpha value is -2.03. The number of ether oxygens (including phenoxy) is 1. The number of sulfonamides is 1. The molecule has 0 radical (unpaired) electrons. The van der Waals surface area contributed by atoms with Crippen LogP contribution in [0, 0.1) is 0 Å². The average molecular weight is 411 g/mol. The zero-order chi connectivity index (χ0) is 18.6. The molecule has 3 rings (SSSR count). The second kappa shape index (κ2) is 8.11. The molecule has 1 aliphatic rings. The number of carbonyl (C=O) groups excluding carboxylic acids is 1. The minimum Gasteiger partial charge on any atom is -0.463 e. The summed E-state index contributed by atoms with van der Waals surface area (Å²) in [4.78, 5) is 17.0. The molecule has 0 unspecified atom stereocenters. The fraction of sp³-hybridized carbons (Fsp3) is 0.176. The summed E-state index contributed by atoms with van der Waals surface area (Å²) in [6.07, 6.45) is 0. The summed E-state index contributed by atoms with van der Waals surface area (Å²) < 4.78 is 31.4. The molecule has 26 heavy (non-hydrogen) atoms. The van der Waals surface area contributed by atoms with E-state index in [1.54, 1.807) is 42.1 Å². The predicted octanol–water partition coefficient (Wildman–Crippen LogP) is 2.71. The second-order valence-corrected chi connectivity index (χ2v) is 8.54. The van der Waals surface area contributed by atoms with Crippen LogP contribution >= 0.6 is 23.4 Å². The summed E-state index contributed by atoms with van der Waals surface area (Å²) in [5.74, 6) is 0.241. The third kappa shape index (κ3) is 4.57. The molecule has 1 aliphatic heterocycles. The van der Waals surface area contributed by atoms with E-state index in [0.717, 1.165) is 4.90 Å². The van der Waals surface area contributed by atoms with Gasteiger partial charge in [-0.3, -0.25) is 14.5 Å². The molecule has 0 aromatic heterocycles. The molecule has 0 saturated carbocycles. The maximum atomic E-state index is 12.0. The molecule has 2 aromatic carbocycles. The Balaban J connectivity index is 1.49. The lowest BCUT2D eigenvalue weighted by atomic mass is 10.2. The lowest BCUT2D eigenvalue weighted by molar-refractivity contribution is -0.141. The van der Waals surface area contributed by atoms with Crippen molar-refractivity contribution in [1.29, 1.82) is 0 Å². The molecular weight excluding hydrogens is 396 g/mol. The molecule has 1 N–H and O–H groups in total. The molecular formula is C17H15ClN2O4S2. The number of rotatable bonds is 6. The van der Waals surface area contributed by atoms with E-state index < -0.39 is 16.0 Å². The quantitative estimate of drug-likeness (QED) is 0.449. The van der Waals surface area contributed by atoms with Crippen molar-refractivity contribution in [3.05, 3.63) is 59.1 Å². The Labute approximate surface area is 160 Å². The Morgan fingerprint density at radius 1 is 1.15 bits per heavy atom. The molecule has 0 fully saturated rings. The van der Waals surface area contributed by atoms with Crippen LogP contribution in [0.15, 0.2) is 63.3 Å². The van der Waals surface area contributed by atoms with Gasteiger partial charge in [-0.25, -0.2) is 8.42 Å². The van der Waals surface area contributed by atoms with Crippen LogP contribution in [0.25, 0.3) is 0 Å². The summed E-state index contributed by atoms with van der Waals surface area (Å²) in [7, 11) is -3.60. The Morgan fingerprint density at radius 2 is 1.88 bits per heavy atom. The fourth-order valence-electron chi connectivity index (χ4n) is 2.29. The van der Waals surface area contributed by atoms with E-state index in [1.807, 2.05) is 12.1 Å². The summed E-state index contributed by atoms with van der Waals surface area (Å²) in [5, 5.41) is 0.670. The van der Waals surface area contributed by atoms with Crippen LogP contribution in [0.3, 0.4) is 0 Å². The molecule has 1 heterocycles. The number of amidine groups is 1. The molecule has 0 spiro atoms. The van der Waals surface area contributed by atoms with E-state index >= 15 is 0 Å². The maximum absolute atomic E-state index is 12.0. The minimum atomic E-state index is -3.60. The van der Waals surface area contributed by atoms with E-state index in [-0.39, 0.29) is 23.9 Å². The molecule has 0 saturated heterocycles. The number of esters is 1. The van der Waals surface area contributed by atoms with Crippen LogP contribution in [0.4, 0.5) is 0 Å².